The molecule has 1 saturated carbocycles. The fraction of sp³-hybridized carbons (Fsp3) is 0.632. The maximum absolute atomic E-state index is 12.1. The van der Waals surface area contributed by atoms with Gasteiger partial charge in [-0.25, -0.2) is 0 Å². The summed E-state index contributed by atoms with van der Waals surface area (Å²) in [4.78, 5) is 12.1. The minimum Gasteiger partial charge on any atom is -0.353 e. The van der Waals surface area contributed by atoms with Crippen LogP contribution in [0.15, 0.2) is 24.3 Å². The summed E-state index contributed by atoms with van der Waals surface area (Å²) in [5.41, 5.74) is 2.63. The molecule has 0 saturated heterocycles. The van der Waals surface area contributed by atoms with Gasteiger partial charge < -0.3 is 5.32 Å². The summed E-state index contributed by atoms with van der Waals surface area (Å²) < 4.78 is 0. The van der Waals surface area contributed by atoms with E-state index >= 15 is 0 Å². The van der Waals surface area contributed by atoms with E-state index in [-0.39, 0.29) is 5.91 Å². The maximum Gasteiger partial charge on any atom is 0.221 e. The number of carbonyl (C=O) groups is 1. The standard InChI is InChI=1S/C19H29NOS/c1-14-7-9-17(10-8-14)13-22-12-11-19(21)20-18-6-4-5-15(2)16(18)3/h7-10,15-16,18H,4-6,11-13H2,1-3H3,(H,20,21). The van der Waals surface area contributed by atoms with E-state index < -0.39 is 0 Å². The van der Waals surface area contributed by atoms with Crippen molar-refractivity contribution in [3.05, 3.63) is 35.4 Å². The minimum absolute atomic E-state index is 0.224. The van der Waals surface area contributed by atoms with E-state index in [0.717, 1.165) is 23.8 Å². The summed E-state index contributed by atoms with van der Waals surface area (Å²) in [7, 11) is 0. The van der Waals surface area contributed by atoms with Crippen LogP contribution in [-0.2, 0) is 10.5 Å². The first-order chi connectivity index (χ1) is 10.6. The Morgan fingerprint density at radius 3 is 2.68 bits per heavy atom. The molecule has 1 fully saturated rings. The van der Waals surface area contributed by atoms with E-state index in [9.17, 15) is 4.79 Å². The van der Waals surface area contributed by atoms with Gasteiger partial charge in [-0.1, -0.05) is 56.5 Å². The lowest BCUT2D eigenvalue weighted by atomic mass is 9.78. The van der Waals surface area contributed by atoms with Crippen molar-refractivity contribution in [2.24, 2.45) is 11.8 Å². The van der Waals surface area contributed by atoms with Gasteiger partial charge in [0.05, 0.1) is 0 Å². The number of amides is 1. The molecular weight excluding hydrogens is 290 g/mol. The van der Waals surface area contributed by atoms with Crippen LogP contribution in [0, 0.1) is 18.8 Å². The molecule has 3 atom stereocenters. The molecule has 3 heteroatoms. The van der Waals surface area contributed by atoms with Crippen LogP contribution in [0.5, 0.6) is 0 Å². The molecule has 1 aromatic rings. The molecule has 1 amide bonds. The Labute approximate surface area is 139 Å². The highest BCUT2D eigenvalue weighted by Crippen LogP contribution is 2.29. The third-order valence-electron chi connectivity index (χ3n) is 4.92. The fourth-order valence-corrected chi connectivity index (χ4v) is 4.01. The van der Waals surface area contributed by atoms with Crippen molar-refractivity contribution in [3.8, 4) is 0 Å². The van der Waals surface area contributed by atoms with Crippen LogP contribution < -0.4 is 5.32 Å². The van der Waals surface area contributed by atoms with Crippen LogP contribution in [0.4, 0.5) is 0 Å². The quantitative estimate of drug-likeness (QED) is 0.779. The lowest BCUT2D eigenvalue weighted by molar-refractivity contribution is -0.122. The van der Waals surface area contributed by atoms with E-state index in [2.05, 4.69) is 50.4 Å². The molecule has 2 rings (SSSR count). The van der Waals surface area contributed by atoms with Gasteiger partial charge in [-0.05, 0) is 30.7 Å². The molecule has 0 radical (unpaired) electrons. The first-order valence-electron chi connectivity index (χ1n) is 8.49. The summed E-state index contributed by atoms with van der Waals surface area (Å²) >= 11 is 1.84. The highest BCUT2D eigenvalue weighted by atomic mass is 32.2. The largest absolute Gasteiger partial charge is 0.353 e. The molecular formula is C19H29NOS. The molecule has 1 aliphatic carbocycles. The van der Waals surface area contributed by atoms with E-state index in [1.54, 1.807) is 0 Å². The van der Waals surface area contributed by atoms with Gasteiger partial charge >= 0.3 is 0 Å². The van der Waals surface area contributed by atoms with Gasteiger partial charge in [-0.3, -0.25) is 4.79 Å². The Morgan fingerprint density at radius 1 is 1.23 bits per heavy atom. The third-order valence-corrected chi connectivity index (χ3v) is 5.95. The molecule has 0 spiro atoms. The van der Waals surface area contributed by atoms with Gasteiger partial charge in [0.1, 0.15) is 0 Å². The Hall–Kier alpha value is -0.960. The van der Waals surface area contributed by atoms with Crippen molar-refractivity contribution in [2.75, 3.05) is 5.75 Å². The first-order valence-corrected chi connectivity index (χ1v) is 9.64. The number of rotatable bonds is 6. The molecule has 1 N–H and O–H groups in total. The second kappa shape index (κ2) is 8.61. The molecule has 0 heterocycles. The van der Waals surface area contributed by atoms with Crippen molar-refractivity contribution in [1.29, 1.82) is 0 Å². The topological polar surface area (TPSA) is 29.1 Å². The van der Waals surface area contributed by atoms with Crippen LogP contribution in [0.2, 0.25) is 0 Å². The number of thioether (sulfide) groups is 1. The van der Waals surface area contributed by atoms with Gasteiger partial charge in [0.2, 0.25) is 5.91 Å². The van der Waals surface area contributed by atoms with Crippen LogP contribution in [0.1, 0.15) is 50.7 Å². The molecule has 0 aromatic heterocycles. The zero-order valence-electron chi connectivity index (χ0n) is 14.1. The molecule has 122 valence electrons. The van der Waals surface area contributed by atoms with E-state index in [1.807, 2.05) is 11.8 Å². The fourth-order valence-electron chi connectivity index (χ4n) is 3.10. The summed E-state index contributed by atoms with van der Waals surface area (Å²) in [5, 5.41) is 3.25. The normalized spacial score (nSPS) is 25.0. The lowest BCUT2D eigenvalue weighted by Crippen LogP contribution is -2.43. The number of hydrogen-bond donors (Lipinski definition) is 1. The van der Waals surface area contributed by atoms with Crippen molar-refractivity contribution in [1.82, 2.24) is 5.32 Å². The number of carbonyl (C=O) groups excluding carboxylic acids is 1. The second-order valence-electron chi connectivity index (χ2n) is 6.73. The Balaban J connectivity index is 1.64. The van der Waals surface area contributed by atoms with Crippen LogP contribution in [0.25, 0.3) is 0 Å². The average Bonchev–Trinajstić information content (AvgIpc) is 2.50. The van der Waals surface area contributed by atoms with Gasteiger partial charge in [0.15, 0.2) is 0 Å². The predicted octanol–water partition coefficient (Wildman–Crippen LogP) is 4.56. The monoisotopic (exact) mass is 319 g/mol. The number of aryl methyl sites for hydroxylation is 1. The molecule has 0 aliphatic heterocycles. The van der Waals surface area contributed by atoms with Crippen LogP contribution >= 0.6 is 11.8 Å². The van der Waals surface area contributed by atoms with Crippen LogP contribution in [0.3, 0.4) is 0 Å². The molecule has 0 bridgehead atoms. The highest BCUT2D eigenvalue weighted by molar-refractivity contribution is 7.98. The predicted molar refractivity (Wildman–Crippen MR) is 96.1 cm³/mol. The molecule has 22 heavy (non-hydrogen) atoms. The van der Waals surface area contributed by atoms with Crippen molar-refractivity contribution >= 4 is 17.7 Å². The zero-order chi connectivity index (χ0) is 15.9. The second-order valence-corrected chi connectivity index (χ2v) is 7.83. The number of benzene rings is 1. The Morgan fingerprint density at radius 2 is 1.95 bits per heavy atom. The number of hydrogen-bond acceptors (Lipinski definition) is 2. The minimum atomic E-state index is 0.224. The van der Waals surface area contributed by atoms with Crippen molar-refractivity contribution in [2.45, 2.75) is 58.2 Å². The first kappa shape index (κ1) is 17.4. The van der Waals surface area contributed by atoms with Crippen molar-refractivity contribution in [3.63, 3.8) is 0 Å². The van der Waals surface area contributed by atoms with Gasteiger partial charge in [-0.2, -0.15) is 11.8 Å². The molecule has 1 aliphatic rings. The maximum atomic E-state index is 12.1. The summed E-state index contributed by atoms with van der Waals surface area (Å²) in [6, 6.07) is 9.03. The zero-order valence-corrected chi connectivity index (χ0v) is 14.9. The average molecular weight is 320 g/mol. The van der Waals surface area contributed by atoms with E-state index in [4.69, 9.17) is 0 Å². The SMILES string of the molecule is Cc1ccc(CSCCC(=O)NC2CCCC(C)C2C)cc1. The van der Waals surface area contributed by atoms with Gasteiger partial charge in [0, 0.05) is 24.0 Å². The smallest absolute Gasteiger partial charge is 0.221 e. The Kier molecular flexibility index (Phi) is 6.81. The van der Waals surface area contributed by atoms with E-state index in [0.29, 0.717) is 18.4 Å². The molecule has 3 unspecified atom stereocenters. The summed E-state index contributed by atoms with van der Waals surface area (Å²) in [5.74, 6) is 3.45. The Bertz CT molecular complexity index is 471. The summed E-state index contributed by atoms with van der Waals surface area (Å²) in [6.45, 7) is 6.69. The van der Waals surface area contributed by atoms with E-state index in [1.165, 1.54) is 24.0 Å². The molecule has 1 aromatic carbocycles. The lowest BCUT2D eigenvalue weighted by Gasteiger charge is -2.34. The van der Waals surface area contributed by atoms with Crippen molar-refractivity contribution < 1.29 is 4.79 Å². The molecule has 2 nitrogen and oxygen atoms in total. The van der Waals surface area contributed by atoms with Crippen LogP contribution in [-0.4, -0.2) is 17.7 Å². The number of nitrogens with one attached hydrogen (secondary N) is 1. The third kappa shape index (κ3) is 5.35. The van der Waals surface area contributed by atoms with Gasteiger partial charge in [-0.15, -0.1) is 0 Å². The van der Waals surface area contributed by atoms with Gasteiger partial charge in [0.25, 0.3) is 0 Å². The highest BCUT2D eigenvalue weighted by Gasteiger charge is 2.27. The summed E-state index contributed by atoms with van der Waals surface area (Å²) in [6.07, 6.45) is 4.33.